The van der Waals surface area contributed by atoms with Crippen molar-refractivity contribution in [3.05, 3.63) is 101 Å². The summed E-state index contributed by atoms with van der Waals surface area (Å²) in [6.45, 7) is 11.3. The number of halogens is 2. The summed E-state index contributed by atoms with van der Waals surface area (Å²) in [5.41, 5.74) is 5.70. The minimum absolute atomic E-state index is 0.0516. The number of pyridine rings is 1. The second-order valence-corrected chi connectivity index (χ2v) is 15.0. The van der Waals surface area contributed by atoms with Gasteiger partial charge in [0.1, 0.15) is 11.6 Å². The summed E-state index contributed by atoms with van der Waals surface area (Å²) in [6.07, 6.45) is 11.8. The van der Waals surface area contributed by atoms with E-state index >= 15 is 4.39 Å². The fraction of sp³-hybridized carbons (Fsp3) is 0.475. The van der Waals surface area contributed by atoms with E-state index in [-0.39, 0.29) is 16.7 Å². The predicted molar refractivity (Wildman–Crippen MR) is 180 cm³/mol. The number of nitriles is 1. The van der Waals surface area contributed by atoms with Crippen molar-refractivity contribution >= 4 is 0 Å². The van der Waals surface area contributed by atoms with Crippen molar-refractivity contribution in [1.29, 1.82) is 5.26 Å². The third-order valence-electron chi connectivity index (χ3n) is 11.4. The van der Waals surface area contributed by atoms with Crippen LogP contribution in [0.4, 0.5) is 8.78 Å². The maximum Gasteiger partial charge on any atom is 0.135 e. The van der Waals surface area contributed by atoms with Gasteiger partial charge in [-0.15, -0.1) is 0 Å². The molecule has 4 nitrogen and oxygen atoms in total. The van der Waals surface area contributed by atoms with Crippen LogP contribution in [0.1, 0.15) is 133 Å². The van der Waals surface area contributed by atoms with Crippen LogP contribution in [-0.4, -0.2) is 14.8 Å². The molecule has 1 atom stereocenters. The van der Waals surface area contributed by atoms with Crippen LogP contribution in [0.5, 0.6) is 0 Å². The molecule has 2 fully saturated rings. The molecule has 0 amide bonds. The van der Waals surface area contributed by atoms with E-state index < -0.39 is 17.0 Å². The third-order valence-corrected chi connectivity index (χ3v) is 11.4. The van der Waals surface area contributed by atoms with E-state index in [1.807, 2.05) is 35.0 Å². The highest BCUT2D eigenvalue weighted by Gasteiger charge is 2.38. The average molecular weight is 621 g/mol. The van der Waals surface area contributed by atoms with Gasteiger partial charge in [-0.1, -0.05) is 65.4 Å². The quantitative estimate of drug-likeness (QED) is 0.207. The van der Waals surface area contributed by atoms with Gasteiger partial charge < -0.3 is 0 Å². The van der Waals surface area contributed by atoms with Crippen molar-refractivity contribution in [1.82, 2.24) is 14.8 Å². The molecule has 0 N–H and O–H groups in total. The van der Waals surface area contributed by atoms with Crippen LogP contribution in [0.3, 0.4) is 0 Å². The van der Waals surface area contributed by atoms with Crippen LogP contribution >= 0.6 is 0 Å². The van der Waals surface area contributed by atoms with Crippen molar-refractivity contribution in [2.24, 2.45) is 5.41 Å². The van der Waals surface area contributed by atoms with Gasteiger partial charge in [0, 0.05) is 17.0 Å². The van der Waals surface area contributed by atoms with Gasteiger partial charge in [0.25, 0.3) is 0 Å². The van der Waals surface area contributed by atoms with E-state index in [1.165, 1.54) is 50.7 Å². The molecule has 46 heavy (non-hydrogen) atoms. The van der Waals surface area contributed by atoms with E-state index in [0.717, 1.165) is 60.1 Å². The Kier molecular flexibility index (Phi) is 8.65. The van der Waals surface area contributed by atoms with E-state index in [0.29, 0.717) is 16.8 Å². The Hall–Kier alpha value is -3.85. The van der Waals surface area contributed by atoms with Gasteiger partial charge in [0.2, 0.25) is 0 Å². The lowest BCUT2D eigenvalue weighted by molar-refractivity contribution is 0.177. The summed E-state index contributed by atoms with van der Waals surface area (Å²) in [7, 11) is 0. The SMILES string of the molecule is CC(c1cc(-c2ccc(F)cc2F)nc(C(C)(C)c2cc(C3(C)CCCCC3)n(-c3cccc(C#N)c3)n2)c1)C1(C)CCCCC1. The normalized spacial score (nSPS) is 18.6. The third kappa shape index (κ3) is 6.01. The summed E-state index contributed by atoms with van der Waals surface area (Å²) in [4.78, 5) is 5.11. The summed E-state index contributed by atoms with van der Waals surface area (Å²) in [6, 6.07) is 20.1. The van der Waals surface area contributed by atoms with Crippen LogP contribution in [-0.2, 0) is 10.8 Å². The molecule has 1 unspecified atom stereocenters. The number of hydrogen-bond acceptors (Lipinski definition) is 3. The molecule has 6 heteroatoms. The summed E-state index contributed by atoms with van der Waals surface area (Å²) in [5, 5.41) is 14.9. The Labute approximate surface area is 272 Å². The van der Waals surface area contributed by atoms with Gasteiger partial charge in [0.05, 0.1) is 45.5 Å². The van der Waals surface area contributed by atoms with E-state index in [9.17, 15) is 9.65 Å². The smallest absolute Gasteiger partial charge is 0.135 e. The molecular weight excluding hydrogens is 574 g/mol. The number of nitrogens with zero attached hydrogens (tertiary/aromatic N) is 4. The lowest BCUT2D eigenvalue weighted by Crippen LogP contribution is -2.28. The lowest BCUT2D eigenvalue weighted by Gasteiger charge is -2.40. The molecule has 0 spiro atoms. The van der Waals surface area contributed by atoms with Gasteiger partial charge in [0.15, 0.2) is 0 Å². The first-order valence-electron chi connectivity index (χ1n) is 17.0. The highest BCUT2D eigenvalue weighted by atomic mass is 19.1. The van der Waals surface area contributed by atoms with E-state index in [4.69, 9.17) is 10.1 Å². The largest absolute Gasteiger partial charge is 0.252 e. The number of benzene rings is 2. The van der Waals surface area contributed by atoms with Crippen LogP contribution < -0.4 is 0 Å². The van der Waals surface area contributed by atoms with Gasteiger partial charge in [-0.3, -0.25) is 4.98 Å². The fourth-order valence-corrected chi connectivity index (χ4v) is 7.89. The minimum Gasteiger partial charge on any atom is -0.252 e. The molecule has 4 aromatic rings. The fourth-order valence-electron chi connectivity index (χ4n) is 7.89. The topological polar surface area (TPSA) is 54.5 Å². The molecular formula is C40H46F2N4. The molecule has 0 aliphatic heterocycles. The highest BCUT2D eigenvalue weighted by Crippen LogP contribution is 2.48. The molecule has 6 rings (SSSR count). The Morgan fingerprint density at radius 3 is 2.22 bits per heavy atom. The maximum atomic E-state index is 15.3. The predicted octanol–water partition coefficient (Wildman–Crippen LogP) is 10.7. The maximum absolute atomic E-state index is 15.3. The molecule has 240 valence electrons. The molecule has 2 aromatic heterocycles. The molecule has 2 aliphatic rings. The minimum atomic E-state index is -0.633. The van der Waals surface area contributed by atoms with Crippen molar-refractivity contribution in [2.45, 2.75) is 116 Å². The van der Waals surface area contributed by atoms with E-state index in [1.54, 1.807) is 0 Å². The van der Waals surface area contributed by atoms with Crippen molar-refractivity contribution < 1.29 is 8.78 Å². The monoisotopic (exact) mass is 620 g/mol. The molecule has 2 aliphatic carbocycles. The number of rotatable bonds is 7. The molecule has 0 radical (unpaired) electrons. The summed E-state index contributed by atoms with van der Waals surface area (Å²) >= 11 is 0. The highest BCUT2D eigenvalue weighted by molar-refractivity contribution is 5.62. The lowest BCUT2D eigenvalue weighted by atomic mass is 9.65. The first kappa shape index (κ1) is 32.1. The first-order chi connectivity index (χ1) is 21.9. The van der Waals surface area contributed by atoms with Crippen molar-refractivity contribution in [2.75, 3.05) is 0 Å². The second-order valence-electron chi connectivity index (χ2n) is 15.0. The van der Waals surface area contributed by atoms with Crippen molar-refractivity contribution in [3.63, 3.8) is 0 Å². The van der Waals surface area contributed by atoms with E-state index in [2.05, 4.69) is 52.8 Å². The Morgan fingerprint density at radius 1 is 0.848 bits per heavy atom. The molecule has 0 saturated heterocycles. The van der Waals surface area contributed by atoms with Crippen LogP contribution in [0, 0.1) is 28.4 Å². The first-order valence-corrected chi connectivity index (χ1v) is 17.0. The van der Waals surface area contributed by atoms with Crippen molar-refractivity contribution in [3.8, 4) is 23.0 Å². The van der Waals surface area contributed by atoms with Gasteiger partial charge in [-0.05, 0) is 105 Å². The molecule has 2 saturated carbocycles. The summed E-state index contributed by atoms with van der Waals surface area (Å²) in [5.74, 6) is -0.981. The molecule has 2 aromatic carbocycles. The number of aromatic nitrogens is 3. The Balaban J connectivity index is 1.52. The Bertz CT molecular complexity index is 1770. The zero-order chi connectivity index (χ0) is 32.7. The molecule has 0 bridgehead atoms. The standard InChI is InChI=1S/C40H46F2N4/c1-27(39(4)17-8-6-9-18-39)29-22-34(32-16-15-30(41)24-33(32)42)44-35(23-29)38(2,3)36-25-37(40(5)19-10-7-11-20-40)46(45-36)31-14-12-13-28(21-31)26-43/h12-16,21-25,27H,6-11,17-20H2,1-5H3. The summed E-state index contributed by atoms with van der Waals surface area (Å²) < 4.78 is 31.3. The van der Waals surface area contributed by atoms with Crippen LogP contribution in [0.25, 0.3) is 16.9 Å². The zero-order valence-corrected chi connectivity index (χ0v) is 28.0. The molecule has 2 heterocycles. The zero-order valence-electron chi connectivity index (χ0n) is 28.0. The van der Waals surface area contributed by atoms with Gasteiger partial charge in [-0.25, -0.2) is 13.5 Å². The Morgan fingerprint density at radius 2 is 1.54 bits per heavy atom. The van der Waals surface area contributed by atoms with Gasteiger partial charge >= 0.3 is 0 Å². The van der Waals surface area contributed by atoms with Crippen LogP contribution in [0.2, 0.25) is 0 Å². The average Bonchev–Trinajstić information content (AvgIpc) is 3.53. The second kappa shape index (κ2) is 12.4. The van der Waals surface area contributed by atoms with Gasteiger partial charge in [-0.2, -0.15) is 10.4 Å². The van der Waals surface area contributed by atoms with Crippen LogP contribution in [0.15, 0.2) is 60.7 Å². The number of hydrogen-bond donors (Lipinski definition) is 0.